The summed E-state index contributed by atoms with van der Waals surface area (Å²) >= 11 is 2.10. The van der Waals surface area contributed by atoms with Crippen molar-refractivity contribution in [3.63, 3.8) is 0 Å². The van der Waals surface area contributed by atoms with Crippen LogP contribution >= 0.6 is 11.8 Å². The minimum Gasteiger partial charge on any atom is -0.316 e. The normalized spacial score (nSPS) is 23.2. The molecule has 0 aromatic rings. The smallest absolute Gasteiger partial charge is 0.0194 e. The summed E-state index contributed by atoms with van der Waals surface area (Å²) in [7, 11) is 2.30. The molecule has 0 aromatic heterocycles. The highest BCUT2D eigenvalue weighted by Gasteiger charge is 2.23. The lowest BCUT2D eigenvalue weighted by molar-refractivity contribution is 0.190. The van der Waals surface area contributed by atoms with Crippen LogP contribution in [0.15, 0.2) is 0 Å². The van der Waals surface area contributed by atoms with E-state index in [0.29, 0.717) is 6.04 Å². The molecule has 0 amide bonds. The van der Waals surface area contributed by atoms with Crippen molar-refractivity contribution in [2.24, 2.45) is 5.92 Å². The molecule has 1 fully saturated rings. The number of rotatable bonds is 7. The van der Waals surface area contributed by atoms with E-state index in [1.54, 1.807) is 0 Å². The Morgan fingerprint density at radius 2 is 2.12 bits per heavy atom. The lowest BCUT2D eigenvalue weighted by atomic mass is 10.1. The van der Waals surface area contributed by atoms with Crippen LogP contribution in [0.1, 0.15) is 33.6 Å². The van der Waals surface area contributed by atoms with E-state index in [9.17, 15) is 0 Å². The van der Waals surface area contributed by atoms with Crippen molar-refractivity contribution >= 4 is 11.8 Å². The van der Waals surface area contributed by atoms with Crippen molar-refractivity contribution in [2.45, 2.75) is 45.7 Å². The van der Waals surface area contributed by atoms with Crippen molar-refractivity contribution in [1.82, 2.24) is 10.2 Å². The van der Waals surface area contributed by atoms with Crippen LogP contribution in [0.4, 0.5) is 0 Å². The minimum atomic E-state index is 0.711. The fraction of sp³-hybridized carbons (Fsp3) is 1.00. The van der Waals surface area contributed by atoms with E-state index in [1.807, 2.05) is 0 Å². The van der Waals surface area contributed by atoms with Crippen LogP contribution in [-0.2, 0) is 0 Å². The molecule has 2 atom stereocenters. The van der Waals surface area contributed by atoms with Crippen molar-refractivity contribution < 1.29 is 0 Å². The van der Waals surface area contributed by atoms with Gasteiger partial charge in [-0.3, -0.25) is 4.90 Å². The predicted octanol–water partition coefficient (Wildman–Crippen LogP) is 2.45. The molecule has 0 radical (unpaired) electrons. The zero-order chi connectivity index (χ0) is 12.0. The molecule has 1 aliphatic rings. The van der Waals surface area contributed by atoms with Gasteiger partial charge >= 0.3 is 0 Å². The molecule has 16 heavy (non-hydrogen) atoms. The summed E-state index contributed by atoms with van der Waals surface area (Å²) in [5.41, 5.74) is 0. The van der Waals surface area contributed by atoms with Crippen LogP contribution in [0.2, 0.25) is 0 Å². The molecule has 0 bridgehead atoms. The van der Waals surface area contributed by atoms with Gasteiger partial charge in [-0.2, -0.15) is 11.8 Å². The highest BCUT2D eigenvalue weighted by Crippen LogP contribution is 2.23. The highest BCUT2D eigenvalue weighted by molar-refractivity contribution is 7.99. The van der Waals surface area contributed by atoms with Crippen molar-refractivity contribution in [3.8, 4) is 0 Å². The van der Waals surface area contributed by atoms with Crippen LogP contribution in [0, 0.1) is 5.92 Å². The zero-order valence-corrected chi connectivity index (χ0v) is 12.1. The molecule has 1 saturated heterocycles. The maximum atomic E-state index is 3.53. The van der Waals surface area contributed by atoms with Gasteiger partial charge in [0.15, 0.2) is 0 Å². The molecule has 1 N–H and O–H groups in total. The summed E-state index contributed by atoms with van der Waals surface area (Å²) in [6.45, 7) is 9.19. The number of hydrogen-bond acceptors (Lipinski definition) is 3. The first-order chi connectivity index (χ1) is 7.61. The Hall–Kier alpha value is 0.270. The molecule has 3 heteroatoms. The lowest BCUT2D eigenvalue weighted by Crippen LogP contribution is -2.40. The lowest BCUT2D eigenvalue weighted by Gasteiger charge is -2.30. The SMILES string of the molecule is CC(C)CNCCC(C)N(C)C1CCSC1. The van der Waals surface area contributed by atoms with Crippen molar-refractivity contribution in [2.75, 3.05) is 31.6 Å². The van der Waals surface area contributed by atoms with E-state index in [1.165, 1.54) is 24.3 Å². The van der Waals surface area contributed by atoms with Gasteiger partial charge in [-0.15, -0.1) is 0 Å². The van der Waals surface area contributed by atoms with Gasteiger partial charge in [-0.05, 0) is 51.6 Å². The second kappa shape index (κ2) is 7.57. The standard InChI is InChI=1S/C13H28N2S/c1-11(2)9-14-7-5-12(3)15(4)13-6-8-16-10-13/h11-14H,5-10H2,1-4H3. The Kier molecular flexibility index (Phi) is 6.78. The predicted molar refractivity (Wildman–Crippen MR) is 75.3 cm³/mol. The summed E-state index contributed by atoms with van der Waals surface area (Å²) in [5, 5.41) is 3.53. The molecule has 96 valence electrons. The third-order valence-corrected chi connectivity index (χ3v) is 4.61. The second-order valence-electron chi connectivity index (χ2n) is 5.42. The number of thioether (sulfide) groups is 1. The average Bonchev–Trinajstić information content (AvgIpc) is 2.76. The fourth-order valence-electron chi connectivity index (χ4n) is 2.11. The Balaban J connectivity index is 2.10. The first-order valence-corrected chi connectivity index (χ1v) is 7.77. The Bertz CT molecular complexity index is 179. The molecule has 1 rings (SSSR count). The van der Waals surface area contributed by atoms with E-state index in [-0.39, 0.29) is 0 Å². The number of nitrogens with one attached hydrogen (secondary N) is 1. The van der Waals surface area contributed by atoms with Crippen LogP contribution in [0.25, 0.3) is 0 Å². The minimum absolute atomic E-state index is 0.711. The quantitative estimate of drug-likeness (QED) is 0.693. The van der Waals surface area contributed by atoms with Gasteiger partial charge in [0.1, 0.15) is 0 Å². The molecular weight excluding hydrogens is 216 g/mol. The number of nitrogens with zero attached hydrogens (tertiary/aromatic N) is 1. The first kappa shape index (κ1) is 14.3. The van der Waals surface area contributed by atoms with Gasteiger partial charge in [0.2, 0.25) is 0 Å². The van der Waals surface area contributed by atoms with Crippen molar-refractivity contribution in [1.29, 1.82) is 0 Å². The molecular formula is C13H28N2S. The summed E-state index contributed by atoms with van der Waals surface area (Å²) in [6.07, 6.45) is 2.65. The van der Waals surface area contributed by atoms with E-state index >= 15 is 0 Å². The fourth-order valence-corrected chi connectivity index (χ4v) is 3.39. The first-order valence-electron chi connectivity index (χ1n) is 6.61. The van der Waals surface area contributed by atoms with E-state index in [4.69, 9.17) is 0 Å². The van der Waals surface area contributed by atoms with Gasteiger partial charge < -0.3 is 5.32 Å². The monoisotopic (exact) mass is 244 g/mol. The Labute approximate surface area is 106 Å². The van der Waals surface area contributed by atoms with E-state index in [0.717, 1.165) is 25.0 Å². The van der Waals surface area contributed by atoms with Crippen molar-refractivity contribution in [3.05, 3.63) is 0 Å². The largest absolute Gasteiger partial charge is 0.316 e. The Morgan fingerprint density at radius 1 is 1.38 bits per heavy atom. The van der Waals surface area contributed by atoms with Crippen LogP contribution < -0.4 is 5.32 Å². The van der Waals surface area contributed by atoms with E-state index in [2.05, 4.69) is 49.8 Å². The molecule has 2 unspecified atom stereocenters. The summed E-state index contributed by atoms with van der Waals surface area (Å²) < 4.78 is 0. The highest BCUT2D eigenvalue weighted by atomic mass is 32.2. The van der Waals surface area contributed by atoms with Crippen LogP contribution in [0.5, 0.6) is 0 Å². The maximum absolute atomic E-state index is 3.53. The molecule has 1 heterocycles. The Morgan fingerprint density at radius 3 is 2.69 bits per heavy atom. The van der Waals surface area contributed by atoms with Gasteiger partial charge in [-0.1, -0.05) is 13.8 Å². The summed E-state index contributed by atoms with van der Waals surface area (Å²) in [4.78, 5) is 2.58. The van der Waals surface area contributed by atoms with E-state index < -0.39 is 0 Å². The van der Waals surface area contributed by atoms with Crippen LogP contribution in [0.3, 0.4) is 0 Å². The summed E-state index contributed by atoms with van der Waals surface area (Å²) in [5.74, 6) is 3.45. The second-order valence-corrected chi connectivity index (χ2v) is 6.57. The zero-order valence-electron chi connectivity index (χ0n) is 11.3. The molecule has 0 spiro atoms. The average molecular weight is 244 g/mol. The molecule has 2 nitrogen and oxygen atoms in total. The van der Waals surface area contributed by atoms with Gasteiger partial charge in [0, 0.05) is 17.8 Å². The molecule has 0 saturated carbocycles. The third-order valence-electron chi connectivity index (χ3n) is 3.47. The van der Waals surface area contributed by atoms with Crippen LogP contribution in [-0.4, -0.2) is 48.6 Å². The molecule has 1 aliphatic heterocycles. The van der Waals surface area contributed by atoms with Gasteiger partial charge in [-0.25, -0.2) is 0 Å². The van der Waals surface area contributed by atoms with Gasteiger partial charge in [0.05, 0.1) is 0 Å². The maximum Gasteiger partial charge on any atom is 0.0194 e. The topological polar surface area (TPSA) is 15.3 Å². The van der Waals surface area contributed by atoms with Gasteiger partial charge in [0.25, 0.3) is 0 Å². The number of hydrogen-bond donors (Lipinski definition) is 1. The summed E-state index contributed by atoms with van der Waals surface area (Å²) in [6, 6.07) is 1.54. The third kappa shape index (κ3) is 5.07. The molecule has 0 aromatic carbocycles. The molecule has 0 aliphatic carbocycles.